The number of hydrogen-bond donors (Lipinski definition) is 3. The maximum absolute atomic E-state index is 13.1. The number of carbonyl (C=O) groups is 2. The zero-order valence-corrected chi connectivity index (χ0v) is 16.9. The monoisotopic (exact) mass is 407 g/mol. The van der Waals surface area contributed by atoms with Crippen molar-refractivity contribution in [2.24, 2.45) is 0 Å². The van der Waals surface area contributed by atoms with Crippen molar-refractivity contribution >= 4 is 17.7 Å². The summed E-state index contributed by atoms with van der Waals surface area (Å²) in [5.41, 5.74) is 2.55. The molecule has 2 unspecified atom stereocenters. The van der Waals surface area contributed by atoms with Crippen molar-refractivity contribution in [2.75, 3.05) is 5.32 Å². The normalized spacial score (nSPS) is 12.9. The molecule has 2 heterocycles. The van der Waals surface area contributed by atoms with Gasteiger partial charge in [0.15, 0.2) is 0 Å². The van der Waals surface area contributed by atoms with Crippen LogP contribution in [-0.4, -0.2) is 43.8 Å². The van der Waals surface area contributed by atoms with Gasteiger partial charge in [0.1, 0.15) is 11.9 Å². The second-order valence-electron chi connectivity index (χ2n) is 6.92. The van der Waals surface area contributed by atoms with E-state index < -0.39 is 18.1 Å². The lowest BCUT2D eigenvalue weighted by molar-refractivity contribution is -0.139. The van der Waals surface area contributed by atoms with Crippen molar-refractivity contribution in [3.63, 3.8) is 0 Å². The van der Waals surface area contributed by atoms with Gasteiger partial charge in [-0.1, -0.05) is 30.3 Å². The lowest BCUT2D eigenvalue weighted by Crippen LogP contribution is -2.49. The minimum atomic E-state index is -1.01. The molecular formula is C22H25N5O3. The van der Waals surface area contributed by atoms with E-state index in [1.807, 2.05) is 49.4 Å². The number of pyridine rings is 1. The third-order valence-electron chi connectivity index (χ3n) is 4.73. The number of amides is 1. The Kier molecular flexibility index (Phi) is 6.92. The van der Waals surface area contributed by atoms with E-state index in [-0.39, 0.29) is 5.91 Å². The predicted molar refractivity (Wildman–Crippen MR) is 114 cm³/mol. The van der Waals surface area contributed by atoms with E-state index in [0.717, 1.165) is 16.8 Å². The fraction of sp³-hybridized carbons (Fsp3) is 0.273. The molecule has 8 nitrogen and oxygen atoms in total. The Labute approximate surface area is 175 Å². The van der Waals surface area contributed by atoms with Crippen molar-refractivity contribution in [3.05, 3.63) is 66.5 Å². The molecule has 2 atom stereocenters. The van der Waals surface area contributed by atoms with E-state index in [2.05, 4.69) is 20.7 Å². The molecule has 0 aliphatic rings. The molecule has 8 heteroatoms. The van der Waals surface area contributed by atoms with Gasteiger partial charge in [-0.05, 0) is 38.0 Å². The number of carboxylic acids is 1. The van der Waals surface area contributed by atoms with E-state index in [0.29, 0.717) is 18.8 Å². The van der Waals surface area contributed by atoms with Crippen molar-refractivity contribution in [1.82, 2.24) is 20.1 Å². The molecule has 30 heavy (non-hydrogen) atoms. The first-order chi connectivity index (χ1) is 14.5. The third kappa shape index (κ3) is 5.30. The van der Waals surface area contributed by atoms with Gasteiger partial charge in [-0.3, -0.25) is 19.9 Å². The highest BCUT2D eigenvalue weighted by atomic mass is 16.4. The van der Waals surface area contributed by atoms with Crippen LogP contribution < -0.4 is 10.6 Å². The minimum absolute atomic E-state index is 0.317. The first kappa shape index (κ1) is 21.2. The third-order valence-corrected chi connectivity index (χ3v) is 4.73. The van der Waals surface area contributed by atoms with Crippen LogP contribution in [0.15, 0.2) is 60.9 Å². The molecule has 3 rings (SSSR count). The van der Waals surface area contributed by atoms with Gasteiger partial charge in [-0.2, -0.15) is 5.10 Å². The van der Waals surface area contributed by atoms with Crippen LogP contribution in [0, 0.1) is 0 Å². The average Bonchev–Trinajstić information content (AvgIpc) is 3.17. The van der Waals surface area contributed by atoms with Gasteiger partial charge in [-0.25, -0.2) is 4.68 Å². The number of aromatic nitrogens is 3. The molecule has 0 spiro atoms. The van der Waals surface area contributed by atoms with Crippen LogP contribution in [0.2, 0.25) is 0 Å². The summed E-state index contributed by atoms with van der Waals surface area (Å²) in [6, 6.07) is 13.4. The summed E-state index contributed by atoms with van der Waals surface area (Å²) in [6.45, 7) is 4.03. The van der Waals surface area contributed by atoms with Crippen LogP contribution in [-0.2, 0) is 22.6 Å². The second kappa shape index (κ2) is 9.80. The molecule has 0 saturated carbocycles. The number of nitrogens with zero attached hydrogens (tertiary/aromatic N) is 3. The van der Waals surface area contributed by atoms with Crippen molar-refractivity contribution in [1.29, 1.82) is 0 Å². The summed E-state index contributed by atoms with van der Waals surface area (Å²) < 4.78 is 1.70. The molecule has 2 aromatic heterocycles. The molecule has 0 radical (unpaired) electrons. The molecule has 3 aromatic rings. The van der Waals surface area contributed by atoms with E-state index in [9.17, 15) is 14.7 Å². The largest absolute Gasteiger partial charge is 0.480 e. The highest BCUT2D eigenvalue weighted by molar-refractivity contribution is 5.95. The van der Waals surface area contributed by atoms with Crippen molar-refractivity contribution in [2.45, 2.75) is 38.9 Å². The van der Waals surface area contributed by atoms with Crippen molar-refractivity contribution in [3.8, 4) is 11.3 Å². The Morgan fingerprint density at radius 1 is 1.13 bits per heavy atom. The first-order valence-electron chi connectivity index (χ1n) is 9.79. The maximum atomic E-state index is 13.1. The Hall–Kier alpha value is -3.52. The molecule has 0 aliphatic carbocycles. The fourth-order valence-corrected chi connectivity index (χ4v) is 3.09. The Morgan fingerprint density at radius 2 is 1.83 bits per heavy atom. The van der Waals surface area contributed by atoms with Gasteiger partial charge in [0, 0.05) is 30.6 Å². The van der Waals surface area contributed by atoms with Gasteiger partial charge in [-0.15, -0.1) is 0 Å². The van der Waals surface area contributed by atoms with Gasteiger partial charge in [0.25, 0.3) is 0 Å². The molecule has 1 aromatic carbocycles. The zero-order chi connectivity index (χ0) is 21.5. The number of aryl methyl sites for hydroxylation is 1. The number of nitrogens with one attached hydrogen (secondary N) is 2. The highest BCUT2D eigenvalue weighted by Gasteiger charge is 2.25. The van der Waals surface area contributed by atoms with Crippen LogP contribution >= 0.6 is 0 Å². The Morgan fingerprint density at radius 3 is 2.47 bits per heavy atom. The molecule has 0 bridgehead atoms. The summed E-state index contributed by atoms with van der Waals surface area (Å²) in [6.07, 6.45) is 3.74. The van der Waals surface area contributed by atoms with Crippen molar-refractivity contribution < 1.29 is 14.7 Å². The zero-order valence-electron chi connectivity index (χ0n) is 16.9. The van der Waals surface area contributed by atoms with Gasteiger partial charge in [0.2, 0.25) is 5.91 Å². The van der Waals surface area contributed by atoms with Crippen LogP contribution in [0.4, 0.5) is 5.82 Å². The summed E-state index contributed by atoms with van der Waals surface area (Å²) in [5, 5.41) is 19.6. The van der Waals surface area contributed by atoms with Crippen LogP contribution in [0.5, 0.6) is 0 Å². The van der Waals surface area contributed by atoms with Gasteiger partial charge in [0.05, 0.1) is 11.7 Å². The molecule has 0 aliphatic heterocycles. The molecule has 0 fully saturated rings. The van der Waals surface area contributed by atoms with E-state index in [1.165, 1.54) is 6.92 Å². The van der Waals surface area contributed by atoms with Crippen LogP contribution in [0.1, 0.15) is 19.4 Å². The SMILES string of the molecule is CCn1nc(-c2ccncc2)cc1NC(=O)C(Cc1ccccc1)NC(C)C(=O)O. The summed E-state index contributed by atoms with van der Waals surface area (Å²) in [4.78, 5) is 28.4. The number of aliphatic carboxylic acids is 1. The first-order valence-corrected chi connectivity index (χ1v) is 9.79. The molecule has 0 saturated heterocycles. The van der Waals surface area contributed by atoms with E-state index in [4.69, 9.17) is 0 Å². The number of carbonyl (C=O) groups excluding carboxylic acids is 1. The number of hydrogen-bond acceptors (Lipinski definition) is 5. The number of anilines is 1. The summed E-state index contributed by atoms with van der Waals surface area (Å²) in [7, 11) is 0. The van der Waals surface area contributed by atoms with Gasteiger partial charge < -0.3 is 10.4 Å². The molecule has 3 N–H and O–H groups in total. The van der Waals surface area contributed by atoms with Gasteiger partial charge >= 0.3 is 5.97 Å². The Bertz CT molecular complexity index is 989. The summed E-state index contributed by atoms with van der Waals surface area (Å²) >= 11 is 0. The number of benzene rings is 1. The fourth-order valence-electron chi connectivity index (χ4n) is 3.09. The lowest BCUT2D eigenvalue weighted by Gasteiger charge is -2.21. The maximum Gasteiger partial charge on any atom is 0.320 e. The molecule has 1 amide bonds. The predicted octanol–water partition coefficient (Wildman–Crippen LogP) is 2.58. The highest BCUT2D eigenvalue weighted by Crippen LogP contribution is 2.21. The molecule has 156 valence electrons. The topological polar surface area (TPSA) is 109 Å². The smallest absolute Gasteiger partial charge is 0.320 e. The number of carboxylic acid groups (broad SMARTS) is 1. The standard InChI is InChI=1S/C22H25N5O3/c1-3-27-20(14-18(26-27)17-9-11-23-12-10-17)25-21(28)19(24-15(2)22(29)30)13-16-7-5-4-6-8-16/h4-12,14-15,19,24H,3,13H2,1-2H3,(H,25,28)(H,29,30). The summed E-state index contributed by atoms with van der Waals surface area (Å²) in [5.74, 6) is -0.778. The number of rotatable bonds is 9. The quantitative estimate of drug-likeness (QED) is 0.503. The minimum Gasteiger partial charge on any atom is -0.480 e. The van der Waals surface area contributed by atoms with E-state index in [1.54, 1.807) is 23.1 Å². The second-order valence-corrected chi connectivity index (χ2v) is 6.92. The molecular weight excluding hydrogens is 382 g/mol. The lowest BCUT2D eigenvalue weighted by atomic mass is 10.0. The van der Waals surface area contributed by atoms with Crippen LogP contribution in [0.25, 0.3) is 11.3 Å². The van der Waals surface area contributed by atoms with E-state index >= 15 is 0 Å². The average molecular weight is 407 g/mol. The van der Waals surface area contributed by atoms with Crippen LogP contribution in [0.3, 0.4) is 0 Å². The Balaban J connectivity index is 1.82.